The molecule has 0 radical (unpaired) electrons. The van der Waals surface area contributed by atoms with Crippen molar-refractivity contribution < 1.29 is 19.4 Å². The molecule has 0 aliphatic heterocycles. The molecule has 29 heavy (non-hydrogen) atoms. The van der Waals surface area contributed by atoms with Crippen molar-refractivity contribution in [2.24, 2.45) is 5.10 Å². The number of ether oxygens (including phenoxy) is 2. The number of carbonyl (C=O) groups is 1. The first-order valence-electron chi connectivity index (χ1n) is 8.37. The third-order valence-electron chi connectivity index (χ3n) is 4.00. The second-order valence-electron chi connectivity index (χ2n) is 5.97. The molecule has 3 rings (SSSR count). The molecule has 1 heterocycles. The first-order valence-corrected chi connectivity index (χ1v) is 9.45. The molecule has 10 heteroatoms. The SMILES string of the molecule is COc1cc(C=Nn2c(=O)[nH]c3ccccc3c2=O)cc(I)c1O[C@H](C)C(=O)O. The Morgan fingerprint density at radius 3 is 2.72 bits per heavy atom. The summed E-state index contributed by atoms with van der Waals surface area (Å²) in [5, 5.41) is 13.4. The van der Waals surface area contributed by atoms with Crippen molar-refractivity contribution in [3.63, 3.8) is 0 Å². The van der Waals surface area contributed by atoms with E-state index in [2.05, 4.69) is 10.1 Å². The maximum atomic E-state index is 12.5. The number of aromatic nitrogens is 2. The molecule has 0 amide bonds. The van der Waals surface area contributed by atoms with Gasteiger partial charge in [0.15, 0.2) is 17.6 Å². The van der Waals surface area contributed by atoms with Crippen molar-refractivity contribution >= 4 is 45.7 Å². The van der Waals surface area contributed by atoms with E-state index in [9.17, 15) is 14.4 Å². The van der Waals surface area contributed by atoms with Gasteiger partial charge in [-0.1, -0.05) is 12.1 Å². The van der Waals surface area contributed by atoms with Crippen LogP contribution in [0.3, 0.4) is 0 Å². The van der Waals surface area contributed by atoms with Gasteiger partial charge in [0.2, 0.25) is 0 Å². The lowest BCUT2D eigenvalue weighted by Gasteiger charge is -2.16. The van der Waals surface area contributed by atoms with Crippen LogP contribution >= 0.6 is 22.6 Å². The maximum absolute atomic E-state index is 12.5. The van der Waals surface area contributed by atoms with Gasteiger partial charge in [-0.25, -0.2) is 9.59 Å². The smallest absolute Gasteiger partial charge is 0.349 e. The average Bonchev–Trinajstić information content (AvgIpc) is 2.69. The highest BCUT2D eigenvalue weighted by Crippen LogP contribution is 2.34. The number of nitrogens with zero attached hydrogens (tertiary/aromatic N) is 2. The number of hydrogen-bond acceptors (Lipinski definition) is 6. The molecular formula is C19H16IN3O6. The Kier molecular flexibility index (Phi) is 6.01. The molecule has 0 saturated carbocycles. The number of carboxylic acids is 1. The van der Waals surface area contributed by atoms with E-state index in [1.165, 1.54) is 20.2 Å². The lowest BCUT2D eigenvalue weighted by Crippen LogP contribution is -2.32. The number of benzene rings is 2. The van der Waals surface area contributed by atoms with Crippen molar-refractivity contribution in [1.82, 2.24) is 9.66 Å². The fraction of sp³-hybridized carbons (Fsp3) is 0.158. The van der Waals surface area contributed by atoms with Crippen molar-refractivity contribution in [3.05, 3.63) is 66.4 Å². The minimum absolute atomic E-state index is 0.279. The number of methoxy groups -OCH3 is 1. The first kappa shape index (κ1) is 20.6. The zero-order valence-corrected chi connectivity index (χ0v) is 17.5. The predicted molar refractivity (Wildman–Crippen MR) is 115 cm³/mol. The first-order chi connectivity index (χ1) is 13.8. The van der Waals surface area contributed by atoms with Crippen LogP contribution in [0.1, 0.15) is 12.5 Å². The molecule has 0 aliphatic carbocycles. The van der Waals surface area contributed by atoms with Gasteiger partial charge in [-0.15, -0.1) is 4.68 Å². The monoisotopic (exact) mass is 509 g/mol. The second-order valence-corrected chi connectivity index (χ2v) is 7.13. The Morgan fingerprint density at radius 2 is 2.03 bits per heavy atom. The van der Waals surface area contributed by atoms with Crippen LogP contribution < -0.4 is 20.7 Å². The number of aliphatic carboxylic acids is 1. The van der Waals surface area contributed by atoms with E-state index < -0.39 is 23.3 Å². The molecule has 2 aromatic carbocycles. The Bertz CT molecular complexity index is 1230. The number of carboxylic acid groups (broad SMARTS) is 1. The summed E-state index contributed by atoms with van der Waals surface area (Å²) in [4.78, 5) is 38.4. The number of aromatic amines is 1. The third kappa shape index (κ3) is 4.31. The molecule has 9 nitrogen and oxygen atoms in total. The minimum Gasteiger partial charge on any atom is -0.493 e. The van der Waals surface area contributed by atoms with E-state index in [1.54, 1.807) is 36.4 Å². The number of H-pyrrole nitrogens is 1. The van der Waals surface area contributed by atoms with Crippen molar-refractivity contribution in [2.75, 3.05) is 7.11 Å². The molecule has 1 atom stereocenters. The third-order valence-corrected chi connectivity index (χ3v) is 4.80. The molecule has 0 spiro atoms. The topological polar surface area (TPSA) is 123 Å². The number of fused-ring (bicyclic) bond motifs is 1. The van der Waals surface area contributed by atoms with Gasteiger partial charge in [0.1, 0.15) is 0 Å². The van der Waals surface area contributed by atoms with Gasteiger partial charge < -0.3 is 19.6 Å². The van der Waals surface area contributed by atoms with E-state index in [0.717, 1.165) is 4.68 Å². The minimum atomic E-state index is -1.11. The molecule has 150 valence electrons. The largest absolute Gasteiger partial charge is 0.493 e. The molecular weight excluding hydrogens is 493 g/mol. The summed E-state index contributed by atoms with van der Waals surface area (Å²) < 4.78 is 12.0. The molecule has 1 aromatic heterocycles. The lowest BCUT2D eigenvalue weighted by molar-refractivity contribution is -0.144. The van der Waals surface area contributed by atoms with Gasteiger partial charge in [0.05, 0.1) is 27.8 Å². The Labute approximate surface area is 177 Å². The zero-order valence-electron chi connectivity index (χ0n) is 15.4. The predicted octanol–water partition coefficient (Wildman–Crippen LogP) is 2.04. The normalized spacial score (nSPS) is 12.2. The zero-order chi connectivity index (χ0) is 21.1. The summed E-state index contributed by atoms with van der Waals surface area (Å²) in [7, 11) is 1.42. The van der Waals surface area contributed by atoms with Gasteiger partial charge in [-0.3, -0.25) is 4.79 Å². The standard InChI is InChI=1S/C19H16IN3O6/c1-10(18(25)26)29-16-13(20)7-11(8-15(16)28-2)9-21-23-17(24)12-5-3-4-6-14(12)22-19(23)27/h3-10H,1-2H3,(H,22,27)(H,25,26)/t10-/m1/s1. The van der Waals surface area contributed by atoms with Crippen LogP contribution in [-0.4, -0.2) is 40.2 Å². The highest BCUT2D eigenvalue weighted by atomic mass is 127. The molecule has 0 aliphatic rings. The van der Waals surface area contributed by atoms with E-state index in [4.69, 9.17) is 14.6 Å². The summed E-state index contributed by atoms with van der Waals surface area (Å²) in [6.07, 6.45) is 0.271. The van der Waals surface area contributed by atoms with E-state index in [-0.39, 0.29) is 5.75 Å². The molecule has 3 aromatic rings. The lowest BCUT2D eigenvalue weighted by atomic mass is 10.2. The quantitative estimate of drug-likeness (QED) is 0.388. The van der Waals surface area contributed by atoms with Crippen LogP contribution in [-0.2, 0) is 4.79 Å². The number of nitrogens with one attached hydrogen (secondary N) is 1. The Hall–Kier alpha value is -3.15. The van der Waals surface area contributed by atoms with Gasteiger partial charge in [0, 0.05) is 0 Å². The molecule has 2 N–H and O–H groups in total. The Balaban J connectivity index is 2.01. The van der Waals surface area contributed by atoms with Crippen LogP contribution in [0.4, 0.5) is 0 Å². The maximum Gasteiger partial charge on any atom is 0.349 e. The number of hydrogen-bond donors (Lipinski definition) is 2. The van der Waals surface area contributed by atoms with Crippen LogP contribution in [0.25, 0.3) is 10.9 Å². The van der Waals surface area contributed by atoms with Crippen molar-refractivity contribution in [3.8, 4) is 11.5 Å². The van der Waals surface area contributed by atoms with E-state index in [0.29, 0.717) is 25.8 Å². The van der Waals surface area contributed by atoms with Crippen LogP contribution in [0.2, 0.25) is 0 Å². The fourth-order valence-corrected chi connectivity index (χ4v) is 3.29. The summed E-state index contributed by atoms with van der Waals surface area (Å²) in [5.74, 6) is -0.532. The molecule has 0 saturated heterocycles. The van der Waals surface area contributed by atoms with Crippen LogP contribution in [0.15, 0.2) is 51.1 Å². The van der Waals surface area contributed by atoms with Gasteiger partial charge in [-0.05, 0) is 59.3 Å². The van der Waals surface area contributed by atoms with Gasteiger partial charge >= 0.3 is 11.7 Å². The van der Waals surface area contributed by atoms with Crippen LogP contribution in [0, 0.1) is 3.57 Å². The van der Waals surface area contributed by atoms with E-state index in [1.807, 2.05) is 22.6 Å². The average molecular weight is 509 g/mol. The van der Waals surface area contributed by atoms with Gasteiger partial charge in [0.25, 0.3) is 5.56 Å². The van der Waals surface area contributed by atoms with E-state index >= 15 is 0 Å². The second kappa shape index (κ2) is 8.47. The fourth-order valence-electron chi connectivity index (χ4n) is 2.54. The number of halogens is 1. The number of para-hydroxylation sites is 1. The summed E-state index contributed by atoms with van der Waals surface area (Å²) >= 11 is 1.97. The van der Waals surface area contributed by atoms with Gasteiger partial charge in [-0.2, -0.15) is 5.10 Å². The Morgan fingerprint density at radius 1 is 1.31 bits per heavy atom. The summed E-state index contributed by atoms with van der Waals surface area (Å²) in [6.45, 7) is 1.41. The highest BCUT2D eigenvalue weighted by molar-refractivity contribution is 14.1. The number of rotatable bonds is 6. The van der Waals surface area contributed by atoms with Crippen molar-refractivity contribution in [1.29, 1.82) is 0 Å². The van der Waals surface area contributed by atoms with Crippen LogP contribution in [0.5, 0.6) is 11.5 Å². The summed E-state index contributed by atoms with van der Waals surface area (Å²) in [6, 6.07) is 9.87. The highest BCUT2D eigenvalue weighted by Gasteiger charge is 2.18. The van der Waals surface area contributed by atoms with Crippen molar-refractivity contribution in [2.45, 2.75) is 13.0 Å². The molecule has 0 bridgehead atoms. The molecule has 0 fully saturated rings. The summed E-state index contributed by atoms with van der Waals surface area (Å²) in [5.41, 5.74) is -0.250. The molecule has 0 unspecified atom stereocenters.